The van der Waals surface area contributed by atoms with Gasteiger partial charge < -0.3 is 15.1 Å². The van der Waals surface area contributed by atoms with Crippen molar-refractivity contribution in [3.63, 3.8) is 0 Å². The van der Waals surface area contributed by atoms with E-state index in [1.54, 1.807) is 12.1 Å². The molecule has 33 heavy (non-hydrogen) atoms. The predicted molar refractivity (Wildman–Crippen MR) is 127 cm³/mol. The molecule has 168 valence electrons. The van der Waals surface area contributed by atoms with Crippen molar-refractivity contribution >= 4 is 49.7 Å². The minimum Gasteiger partial charge on any atom is -0.368 e. The largest absolute Gasteiger partial charge is 0.368 e. The van der Waals surface area contributed by atoms with Gasteiger partial charge in [-0.15, -0.1) is 0 Å². The number of aromatic nitrogens is 3. The van der Waals surface area contributed by atoms with E-state index in [1.165, 1.54) is 29.8 Å². The summed E-state index contributed by atoms with van der Waals surface area (Å²) in [7, 11) is 0. The molecule has 2 aromatic heterocycles. The molecule has 0 saturated carbocycles. The van der Waals surface area contributed by atoms with Crippen LogP contribution in [0.3, 0.4) is 0 Å². The van der Waals surface area contributed by atoms with Gasteiger partial charge in [0.1, 0.15) is 12.1 Å². The summed E-state index contributed by atoms with van der Waals surface area (Å²) in [5.41, 5.74) is 2.64. The minimum absolute atomic E-state index is 0.114. The van der Waals surface area contributed by atoms with Crippen LogP contribution in [0.5, 0.6) is 0 Å². The molecule has 1 aliphatic rings. The number of piperazine rings is 1. The van der Waals surface area contributed by atoms with Gasteiger partial charge in [0.05, 0.1) is 15.1 Å². The fraction of sp³-hybridized carbons (Fsp3) is 0.227. The number of anilines is 4. The SMILES string of the molecule is Cc1cccc2sc(Nc3ncnc(N4CCN(c5ccc(F)cc5)CC4)c3[N+](=O)[O-])nc12. The summed E-state index contributed by atoms with van der Waals surface area (Å²) in [5, 5.41) is 15.6. The second kappa shape index (κ2) is 8.58. The molecule has 1 N–H and O–H groups in total. The molecule has 0 atom stereocenters. The van der Waals surface area contributed by atoms with Gasteiger partial charge in [0.15, 0.2) is 5.13 Å². The summed E-state index contributed by atoms with van der Waals surface area (Å²) in [4.78, 5) is 28.5. The van der Waals surface area contributed by atoms with Crippen LogP contribution in [0.15, 0.2) is 48.8 Å². The normalized spacial score (nSPS) is 14.0. The summed E-state index contributed by atoms with van der Waals surface area (Å²) in [6.07, 6.45) is 1.33. The van der Waals surface area contributed by atoms with Gasteiger partial charge in [0.25, 0.3) is 0 Å². The zero-order chi connectivity index (χ0) is 22.9. The fourth-order valence-corrected chi connectivity index (χ4v) is 4.87. The molecule has 1 aliphatic heterocycles. The summed E-state index contributed by atoms with van der Waals surface area (Å²) in [5.74, 6) is 0.105. The van der Waals surface area contributed by atoms with Crippen molar-refractivity contribution in [1.29, 1.82) is 0 Å². The van der Waals surface area contributed by atoms with Crippen molar-refractivity contribution in [2.24, 2.45) is 0 Å². The van der Waals surface area contributed by atoms with Crippen LogP contribution in [0.1, 0.15) is 5.56 Å². The lowest BCUT2D eigenvalue weighted by molar-refractivity contribution is -0.383. The summed E-state index contributed by atoms with van der Waals surface area (Å²) >= 11 is 1.41. The number of fused-ring (bicyclic) bond motifs is 1. The van der Waals surface area contributed by atoms with E-state index in [4.69, 9.17) is 0 Å². The fourth-order valence-electron chi connectivity index (χ4n) is 3.93. The molecule has 0 amide bonds. The first-order chi connectivity index (χ1) is 16.0. The van der Waals surface area contributed by atoms with Crippen molar-refractivity contribution in [2.45, 2.75) is 6.92 Å². The lowest BCUT2D eigenvalue weighted by Gasteiger charge is -2.36. The van der Waals surface area contributed by atoms with Crippen LogP contribution in [0.4, 0.5) is 32.5 Å². The van der Waals surface area contributed by atoms with E-state index >= 15 is 0 Å². The Morgan fingerprint density at radius 3 is 2.48 bits per heavy atom. The summed E-state index contributed by atoms with van der Waals surface area (Å²) < 4.78 is 14.2. The quantitative estimate of drug-likeness (QED) is 0.339. The van der Waals surface area contributed by atoms with Crippen LogP contribution in [-0.4, -0.2) is 46.1 Å². The Balaban J connectivity index is 1.39. The maximum atomic E-state index is 13.2. The molecule has 11 heteroatoms. The smallest absolute Gasteiger partial charge is 0.353 e. The topological polar surface area (TPSA) is 100 Å². The van der Waals surface area contributed by atoms with E-state index in [2.05, 4.69) is 25.2 Å². The molecular weight excluding hydrogens is 445 g/mol. The van der Waals surface area contributed by atoms with Crippen LogP contribution in [0.2, 0.25) is 0 Å². The highest BCUT2D eigenvalue weighted by Crippen LogP contribution is 2.36. The number of benzene rings is 2. The molecule has 0 spiro atoms. The van der Waals surface area contributed by atoms with Crippen LogP contribution in [-0.2, 0) is 0 Å². The number of nitrogens with one attached hydrogen (secondary N) is 1. The Morgan fingerprint density at radius 1 is 1.06 bits per heavy atom. The molecule has 1 fully saturated rings. The first-order valence-corrected chi connectivity index (χ1v) is 11.2. The third kappa shape index (κ3) is 4.14. The number of hydrogen-bond acceptors (Lipinski definition) is 9. The highest BCUT2D eigenvalue weighted by Gasteiger charge is 2.30. The van der Waals surface area contributed by atoms with Gasteiger partial charge in [0, 0.05) is 31.9 Å². The zero-order valence-corrected chi connectivity index (χ0v) is 18.5. The van der Waals surface area contributed by atoms with Gasteiger partial charge in [-0.3, -0.25) is 10.1 Å². The van der Waals surface area contributed by atoms with Gasteiger partial charge in [-0.2, -0.15) is 0 Å². The first kappa shape index (κ1) is 21.0. The molecule has 9 nitrogen and oxygen atoms in total. The number of hydrogen-bond donors (Lipinski definition) is 1. The monoisotopic (exact) mass is 465 g/mol. The number of nitro groups is 1. The minimum atomic E-state index is -0.456. The van der Waals surface area contributed by atoms with E-state index < -0.39 is 4.92 Å². The molecule has 0 radical (unpaired) electrons. The molecule has 0 aliphatic carbocycles. The van der Waals surface area contributed by atoms with Gasteiger partial charge in [-0.05, 0) is 42.8 Å². The van der Waals surface area contributed by atoms with Gasteiger partial charge in [0.2, 0.25) is 11.6 Å². The number of para-hydroxylation sites is 1. The number of aryl methyl sites for hydroxylation is 1. The Morgan fingerprint density at radius 2 is 1.79 bits per heavy atom. The number of rotatable bonds is 5. The van der Waals surface area contributed by atoms with Crippen LogP contribution >= 0.6 is 11.3 Å². The predicted octanol–water partition coefficient (Wildman–Crippen LogP) is 4.51. The van der Waals surface area contributed by atoms with Crippen molar-refractivity contribution < 1.29 is 9.31 Å². The maximum Gasteiger partial charge on any atom is 0.353 e. The summed E-state index contributed by atoms with van der Waals surface area (Å²) in [6.45, 7) is 4.31. The van der Waals surface area contributed by atoms with Crippen molar-refractivity contribution in [1.82, 2.24) is 15.0 Å². The van der Waals surface area contributed by atoms with E-state index in [1.807, 2.05) is 30.0 Å². The highest BCUT2D eigenvalue weighted by atomic mass is 32.1. The molecule has 0 unspecified atom stereocenters. The first-order valence-electron chi connectivity index (χ1n) is 10.4. The number of nitrogens with zero attached hydrogens (tertiary/aromatic N) is 6. The van der Waals surface area contributed by atoms with Crippen molar-refractivity contribution in [2.75, 3.05) is 41.3 Å². The highest BCUT2D eigenvalue weighted by molar-refractivity contribution is 7.22. The Hall–Kier alpha value is -3.86. The van der Waals surface area contributed by atoms with Gasteiger partial charge >= 0.3 is 5.69 Å². The van der Waals surface area contributed by atoms with E-state index in [-0.39, 0.29) is 23.1 Å². The van der Waals surface area contributed by atoms with E-state index in [9.17, 15) is 14.5 Å². The third-order valence-corrected chi connectivity index (χ3v) is 6.54. The standard InChI is InChI=1S/C22H20FN7O2S/c1-14-3-2-4-17-18(14)26-22(33-17)27-20-19(30(31)32)21(25-13-24-20)29-11-9-28(10-12-29)16-7-5-15(23)6-8-16/h2-8,13H,9-12H2,1H3,(H,24,25,26,27). The molecule has 0 bridgehead atoms. The van der Waals surface area contributed by atoms with Crippen LogP contribution in [0, 0.1) is 22.9 Å². The Kier molecular flexibility index (Phi) is 5.47. The molecular formula is C22H20FN7O2S. The average Bonchev–Trinajstić information content (AvgIpc) is 3.23. The van der Waals surface area contributed by atoms with Crippen LogP contribution < -0.4 is 15.1 Å². The lowest BCUT2D eigenvalue weighted by Crippen LogP contribution is -2.47. The second-order valence-electron chi connectivity index (χ2n) is 7.67. The zero-order valence-electron chi connectivity index (χ0n) is 17.7. The van der Waals surface area contributed by atoms with Crippen LogP contribution in [0.25, 0.3) is 10.2 Å². The van der Waals surface area contributed by atoms with E-state index in [0.717, 1.165) is 21.5 Å². The van der Waals surface area contributed by atoms with Gasteiger partial charge in [-0.1, -0.05) is 23.5 Å². The van der Waals surface area contributed by atoms with Crippen molar-refractivity contribution in [3.05, 3.63) is 70.3 Å². The molecule has 4 aromatic rings. The van der Waals surface area contributed by atoms with Gasteiger partial charge in [-0.25, -0.2) is 19.3 Å². The molecule has 2 aromatic carbocycles. The Labute approximate surface area is 192 Å². The lowest BCUT2D eigenvalue weighted by atomic mass is 10.2. The Bertz CT molecular complexity index is 1320. The van der Waals surface area contributed by atoms with Crippen molar-refractivity contribution in [3.8, 4) is 0 Å². The average molecular weight is 466 g/mol. The second-order valence-corrected chi connectivity index (χ2v) is 8.70. The third-order valence-electron chi connectivity index (χ3n) is 5.60. The number of thiazole rings is 1. The maximum absolute atomic E-state index is 13.2. The molecule has 5 rings (SSSR count). The molecule has 3 heterocycles. The number of halogens is 1. The molecule has 1 saturated heterocycles. The van der Waals surface area contributed by atoms with E-state index in [0.29, 0.717) is 31.3 Å². The summed E-state index contributed by atoms with van der Waals surface area (Å²) in [6, 6.07) is 12.2.